The number of fused-ring (bicyclic) bond motifs is 2. The van der Waals surface area contributed by atoms with Crippen LogP contribution in [0.25, 0.3) is 0 Å². The summed E-state index contributed by atoms with van der Waals surface area (Å²) in [6, 6.07) is 10.7. The van der Waals surface area contributed by atoms with Crippen LogP contribution in [-0.2, 0) is 51.1 Å². The molecule has 6 N–H and O–H groups in total. The summed E-state index contributed by atoms with van der Waals surface area (Å²) in [6.07, 6.45) is 0.305. The molecule has 2 aliphatic carbocycles. The Kier molecular flexibility index (Phi) is 18.5. The van der Waals surface area contributed by atoms with Gasteiger partial charge in [0.15, 0.2) is 0 Å². The van der Waals surface area contributed by atoms with Crippen LogP contribution < -0.4 is 31.9 Å². The molecule has 0 aromatic heterocycles. The summed E-state index contributed by atoms with van der Waals surface area (Å²) in [7, 11) is 3.37. The predicted octanol–water partition coefficient (Wildman–Crippen LogP) is 2.67. The van der Waals surface area contributed by atoms with E-state index in [1.165, 1.54) is 23.5 Å². The molecule has 378 valence electrons. The molecule has 0 spiro atoms. The van der Waals surface area contributed by atoms with Crippen LogP contribution in [0.1, 0.15) is 89.7 Å². The highest BCUT2D eigenvalue weighted by molar-refractivity contribution is 7.99. The monoisotopic (exact) mass is 998 g/mol. The number of carbonyl (C=O) groups excluding carboxylic acids is 6. The molecule has 0 radical (unpaired) electrons. The number of amides is 6. The van der Waals surface area contributed by atoms with Crippen LogP contribution in [0.4, 0.5) is 0 Å². The van der Waals surface area contributed by atoms with Gasteiger partial charge in [-0.2, -0.15) is 0 Å². The summed E-state index contributed by atoms with van der Waals surface area (Å²) in [5.41, 5.74) is 2.79. The van der Waals surface area contributed by atoms with Gasteiger partial charge in [0.2, 0.25) is 35.4 Å². The topological polar surface area (TPSA) is 200 Å². The Labute approximate surface area is 421 Å². The summed E-state index contributed by atoms with van der Waals surface area (Å²) >= 11 is 2.99. The number of benzene rings is 2. The minimum atomic E-state index is -0.832. The molecule has 18 heteroatoms. The Morgan fingerprint density at radius 1 is 0.629 bits per heavy atom. The average molecular weight is 999 g/mol. The fourth-order valence-electron chi connectivity index (χ4n) is 8.91. The zero-order chi connectivity index (χ0) is 50.9. The lowest BCUT2D eigenvalue weighted by Crippen LogP contribution is -2.60. The highest BCUT2D eigenvalue weighted by Crippen LogP contribution is 2.36. The van der Waals surface area contributed by atoms with Crippen molar-refractivity contribution in [1.29, 1.82) is 0 Å². The summed E-state index contributed by atoms with van der Waals surface area (Å²) in [4.78, 5) is 85.1. The maximum atomic E-state index is 14.1. The van der Waals surface area contributed by atoms with Gasteiger partial charge in [0, 0.05) is 24.3 Å². The molecule has 2 aromatic carbocycles. The first-order valence-electron chi connectivity index (χ1n) is 23.9. The van der Waals surface area contributed by atoms with E-state index in [2.05, 4.69) is 55.6 Å². The maximum absolute atomic E-state index is 14.1. The molecule has 2 aliphatic heterocycles. The number of nitrogens with one attached hydrogen (secondary N) is 6. The van der Waals surface area contributed by atoms with Crippen molar-refractivity contribution in [3.8, 4) is 23.7 Å². The lowest BCUT2D eigenvalue weighted by atomic mass is 9.85. The van der Waals surface area contributed by atoms with Crippen LogP contribution in [0.5, 0.6) is 0 Å². The number of likely N-dealkylation sites (N-methyl/N-ethyl adjacent to an activating group) is 2. The molecular formula is C52H70N8O8S2. The Morgan fingerprint density at radius 3 is 1.36 bits per heavy atom. The van der Waals surface area contributed by atoms with Gasteiger partial charge in [-0.05, 0) is 72.9 Å². The first kappa shape index (κ1) is 54.3. The fraction of sp³-hybridized carbons (Fsp3) is 0.577. The van der Waals surface area contributed by atoms with Gasteiger partial charge < -0.3 is 51.2 Å². The van der Waals surface area contributed by atoms with Gasteiger partial charge >= 0.3 is 0 Å². The summed E-state index contributed by atoms with van der Waals surface area (Å²) in [6.45, 7) is 14.9. The van der Waals surface area contributed by atoms with E-state index in [0.29, 0.717) is 36.1 Å². The van der Waals surface area contributed by atoms with Crippen molar-refractivity contribution in [2.45, 2.75) is 129 Å². The Hall–Kier alpha value is -5.08. The van der Waals surface area contributed by atoms with E-state index in [1.807, 2.05) is 90.1 Å². The highest BCUT2D eigenvalue weighted by atomic mass is 32.2. The third kappa shape index (κ3) is 13.1. The molecule has 2 heterocycles. The van der Waals surface area contributed by atoms with Gasteiger partial charge in [0.1, 0.15) is 37.4 Å². The van der Waals surface area contributed by atoms with E-state index in [1.54, 1.807) is 37.7 Å². The van der Waals surface area contributed by atoms with Crippen LogP contribution in [0, 0.1) is 34.5 Å². The van der Waals surface area contributed by atoms with E-state index in [9.17, 15) is 28.8 Å². The Morgan fingerprint density at radius 2 is 1.00 bits per heavy atom. The third-order valence-corrected chi connectivity index (χ3v) is 15.4. The van der Waals surface area contributed by atoms with E-state index >= 15 is 0 Å². The largest absolute Gasteiger partial charge is 0.363 e. The first-order chi connectivity index (χ1) is 33.2. The van der Waals surface area contributed by atoms with Crippen molar-refractivity contribution < 1.29 is 38.2 Å². The molecule has 2 saturated heterocycles. The van der Waals surface area contributed by atoms with Gasteiger partial charge in [-0.15, -0.1) is 23.5 Å². The first-order valence-corrected chi connectivity index (χ1v) is 26.2. The van der Waals surface area contributed by atoms with Gasteiger partial charge in [-0.25, -0.2) is 0 Å². The normalized spacial score (nSPS) is 23.3. The van der Waals surface area contributed by atoms with Crippen LogP contribution >= 0.6 is 23.5 Å². The van der Waals surface area contributed by atoms with E-state index in [4.69, 9.17) is 9.47 Å². The number of nitrogens with zero attached hydrogens (tertiary/aromatic N) is 2. The molecular weight excluding hydrogens is 929 g/mol. The SMILES string of the molecule is CN[C@@H](C)C(=O)N[C@H](C(=O)N1CSC[C@H]1C(=O)N[C@H]1c2ccccc2C[C@H]1OCC#CC#CCO[C@@H]1Cc2ccccc2[C@@H]1NC(=O)[C@@H]1CSCN1C(=O)[C@@H](NC(=O)[C@H](C)NC)C(C)(C)C)C(C)(C)C. The third-order valence-electron chi connectivity index (χ3n) is 13.3. The minimum Gasteiger partial charge on any atom is -0.363 e. The quantitative estimate of drug-likeness (QED) is 0.135. The van der Waals surface area contributed by atoms with Gasteiger partial charge in [0.05, 0.1) is 48.1 Å². The fourth-order valence-corrected chi connectivity index (χ4v) is 11.2. The van der Waals surface area contributed by atoms with Crippen molar-refractivity contribution in [2.24, 2.45) is 10.8 Å². The molecule has 16 nitrogen and oxygen atoms in total. The molecule has 2 aromatic rings. The Balaban J connectivity index is 1.05. The summed E-state index contributed by atoms with van der Waals surface area (Å²) in [5, 5.41) is 18.0. The molecule has 0 unspecified atom stereocenters. The lowest BCUT2D eigenvalue weighted by molar-refractivity contribution is -0.144. The van der Waals surface area contributed by atoms with Crippen LogP contribution in [0.2, 0.25) is 0 Å². The molecule has 2 fully saturated rings. The molecule has 6 rings (SSSR count). The van der Waals surface area contributed by atoms with Crippen molar-refractivity contribution in [3.63, 3.8) is 0 Å². The Bertz CT molecular complexity index is 2220. The number of ether oxygens (including phenoxy) is 2. The number of hydrogen-bond acceptors (Lipinski definition) is 12. The van der Waals surface area contributed by atoms with Crippen LogP contribution in [0.3, 0.4) is 0 Å². The second kappa shape index (κ2) is 23.9. The second-order valence-corrected chi connectivity index (χ2v) is 22.4. The van der Waals surface area contributed by atoms with E-state index in [-0.39, 0.29) is 48.7 Å². The van der Waals surface area contributed by atoms with Gasteiger partial charge in [-0.3, -0.25) is 28.8 Å². The average Bonchev–Trinajstić information content (AvgIpc) is 4.15. The van der Waals surface area contributed by atoms with Crippen molar-refractivity contribution in [3.05, 3.63) is 70.8 Å². The lowest BCUT2D eigenvalue weighted by Gasteiger charge is -2.36. The highest BCUT2D eigenvalue weighted by Gasteiger charge is 2.46. The number of rotatable bonds is 16. The van der Waals surface area contributed by atoms with Crippen molar-refractivity contribution >= 4 is 59.0 Å². The van der Waals surface area contributed by atoms with Crippen LogP contribution in [0.15, 0.2) is 48.5 Å². The minimum absolute atomic E-state index is 0.0609. The van der Waals surface area contributed by atoms with E-state index in [0.717, 1.165) is 22.3 Å². The molecule has 70 heavy (non-hydrogen) atoms. The van der Waals surface area contributed by atoms with Crippen LogP contribution in [-0.4, -0.2) is 144 Å². The number of thioether (sulfide) groups is 2. The maximum Gasteiger partial charge on any atom is 0.247 e. The molecule has 0 saturated carbocycles. The molecule has 4 aliphatic rings. The zero-order valence-electron chi connectivity index (χ0n) is 42.0. The summed E-state index contributed by atoms with van der Waals surface area (Å²) in [5.74, 6) is 11.4. The van der Waals surface area contributed by atoms with E-state index < -0.39 is 71.4 Å². The summed E-state index contributed by atoms with van der Waals surface area (Å²) < 4.78 is 12.6. The molecule has 6 amide bonds. The molecule has 10 atom stereocenters. The van der Waals surface area contributed by atoms with Crippen molar-refractivity contribution in [1.82, 2.24) is 41.7 Å². The standard InChI is InChI=1S/C52H70N8O8S2/c1-31(53-9)45(61)57-43(51(3,4)5)49(65)59-29-69-27-37(59)47(63)55-41-35-21-15-13-19-33(35)25-39(41)67-23-17-11-12-18-24-68-40-26-34-20-14-16-22-36(34)42(40)56-48(64)38-28-70-30-60(38)50(66)44(52(6,7)8)58-46(62)32(2)54-10/h13-16,19-22,31-32,37-44,53-54H,23-30H2,1-10H3,(H,55,63)(H,56,64)(H,57,61)(H,58,62)/t31-,32-,37-,38-,39+,40+,41-,42-,43+,44+/m0/s1. The smallest absolute Gasteiger partial charge is 0.247 e. The zero-order valence-corrected chi connectivity index (χ0v) is 43.7. The molecule has 0 bridgehead atoms. The number of carbonyl (C=O) groups is 6. The van der Waals surface area contributed by atoms with Gasteiger partial charge in [0.25, 0.3) is 0 Å². The predicted molar refractivity (Wildman–Crippen MR) is 273 cm³/mol. The van der Waals surface area contributed by atoms with Crippen molar-refractivity contribution in [2.75, 3.05) is 50.6 Å². The number of hydrogen-bond donors (Lipinski definition) is 6. The van der Waals surface area contributed by atoms with Gasteiger partial charge in [-0.1, -0.05) is 102 Å². The second-order valence-electron chi connectivity index (χ2n) is 20.4.